The van der Waals surface area contributed by atoms with Crippen molar-refractivity contribution in [3.8, 4) is 34.2 Å². The maximum atomic E-state index is 6.19. The van der Waals surface area contributed by atoms with Crippen LogP contribution in [-0.2, 0) is 6.61 Å². The van der Waals surface area contributed by atoms with Crippen molar-refractivity contribution >= 4 is 0 Å². The molecule has 5 nitrogen and oxygen atoms in total. The average Bonchev–Trinajstić information content (AvgIpc) is 3.57. The molecule has 2 aromatic carbocycles. The summed E-state index contributed by atoms with van der Waals surface area (Å²) in [6, 6.07) is 21.9. The minimum atomic E-state index is 0.428. The first kappa shape index (κ1) is 18.4. The average molecular weight is 398 g/mol. The van der Waals surface area contributed by atoms with Gasteiger partial charge < -0.3 is 13.9 Å². The first-order chi connectivity index (χ1) is 14.8. The molecule has 1 aliphatic carbocycles. The Bertz CT molecular complexity index is 1120. The highest BCUT2D eigenvalue weighted by Crippen LogP contribution is 2.43. The predicted octanol–water partition coefficient (Wildman–Crippen LogP) is 5.87. The third-order valence-corrected chi connectivity index (χ3v) is 5.15. The van der Waals surface area contributed by atoms with Crippen molar-refractivity contribution < 1.29 is 13.9 Å². The monoisotopic (exact) mass is 398 g/mol. The number of methoxy groups -OCH3 is 1. The van der Waals surface area contributed by atoms with Crippen LogP contribution in [0.2, 0.25) is 0 Å². The molecule has 4 aromatic rings. The molecule has 150 valence electrons. The zero-order chi connectivity index (χ0) is 20.3. The third kappa shape index (κ3) is 3.92. The van der Waals surface area contributed by atoms with Gasteiger partial charge >= 0.3 is 0 Å². The topological polar surface area (TPSA) is 57.4 Å². The molecule has 0 amide bonds. The van der Waals surface area contributed by atoms with Gasteiger partial charge in [0.2, 0.25) is 5.88 Å². The van der Waals surface area contributed by atoms with Gasteiger partial charge in [0.25, 0.3) is 0 Å². The van der Waals surface area contributed by atoms with E-state index in [1.165, 1.54) is 0 Å². The lowest BCUT2D eigenvalue weighted by Gasteiger charge is -2.07. The number of benzene rings is 2. The summed E-state index contributed by atoms with van der Waals surface area (Å²) >= 11 is 0. The molecule has 0 saturated heterocycles. The molecule has 0 bridgehead atoms. The summed E-state index contributed by atoms with van der Waals surface area (Å²) in [5.74, 6) is 3.39. The Morgan fingerprint density at radius 3 is 2.37 bits per heavy atom. The first-order valence-corrected chi connectivity index (χ1v) is 10.1. The Kier molecular flexibility index (Phi) is 4.93. The molecule has 5 heteroatoms. The lowest BCUT2D eigenvalue weighted by atomic mass is 10.1. The van der Waals surface area contributed by atoms with Crippen LogP contribution < -0.4 is 9.47 Å². The fraction of sp³-hybridized carbons (Fsp3) is 0.200. The molecule has 5 rings (SSSR count). The smallest absolute Gasteiger partial charge is 0.212 e. The van der Waals surface area contributed by atoms with Crippen LogP contribution >= 0.6 is 0 Å². The molecule has 0 aliphatic heterocycles. The van der Waals surface area contributed by atoms with Crippen molar-refractivity contribution in [2.45, 2.75) is 25.4 Å². The highest BCUT2D eigenvalue weighted by atomic mass is 16.5. The quantitative estimate of drug-likeness (QED) is 0.390. The van der Waals surface area contributed by atoms with E-state index < -0.39 is 0 Å². The number of aromatic nitrogens is 2. The third-order valence-electron chi connectivity index (χ3n) is 5.15. The number of oxazole rings is 1. The van der Waals surface area contributed by atoms with E-state index in [0.717, 1.165) is 52.6 Å². The van der Waals surface area contributed by atoms with Gasteiger partial charge in [-0.25, -0.2) is 9.97 Å². The molecule has 2 aromatic heterocycles. The van der Waals surface area contributed by atoms with Crippen LogP contribution in [0.15, 0.2) is 77.3 Å². The van der Waals surface area contributed by atoms with E-state index >= 15 is 0 Å². The SMILES string of the molecule is COc1ccc(-c2nc(C3CC3)oc2-c2ccc(OCc3ccccc3)cc2)cn1. The normalized spacial score (nSPS) is 13.2. The second kappa shape index (κ2) is 8.03. The molecule has 30 heavy (non-hydrogen) atoms. The molecule has 1 saturated carbocycles. The van der Waals surface area contributed by atoms with Crippen molar-refractivity contribution in [3.63, 3.8) is 0 Å². The van der Waals surface area contributed by atoms with Crippen LogP contribution in [0.5, 0.6) is 11.6 Å². The predicted molar refractivity (Wildman–Crippen MR) is 114 cm³/mol. The Balaban J connectivity index is 1.41. The minimum Gasteiger partial charge on any atom is -0.489 e. The summed E-state index contributed by atoms with van der Waals surface area (Å²) in [4.78, 5) is 9.12. The minimum absolute atomic E-state index is 0.428. The van der Waals surface area contributed by atoms with Crippen LogP contribution in [0.4, 0.5) is 0 Å². The maximum Gasteiger partial charge on any atom is 0.212 e. The summed E-state index contributed by atoms with van der Waals surface area (Å²) in [6.45, 7) is 0.539. The zero-order valence-corrected chi connectivity index (χ0v) is 16.7. The second-order valence-corrected chi connectivity index (χ2v) is 7.39. The van der Waals surface area contributed by atoms with Crippen molar-refractivity contribution in [2.24, 2.45) is 0 Å². The lowest BCUT2D eigenvalue weighted by Crippen LogP contribution is -1.94. The fourth-order valence-electron chi connectivity index (χ4n) is 3.32. The first-order valence-electron chi connectivity index (χ1n) is 10.1. The number of hydrogen-bond acceptors (Lipinski definition) is 5. The molecule has 1 aliphatic rings. The van der Waals surface area contributed by atoms with Gasteiger partial charge in [-0.05, 0) is 48.7 Å². The number of rotatable bonds is 7. The highest BCUT2D eigenvalue weighted by Gasteiger charge is 2.31. The van der Waals surface area contributed by atoms with E-state index in [0.29, 0.717) is 18.4 Å². The largest absolute Gasteiger partial charge is 0.489 e. The molecule has 0 unspecified atom stereocenters. The van der Waals surface area contributed by atoms with Gasteiger partial charge in [-0.1, -0.05) is 30.3 Å². The van der Waals surface area contributed by atoms with Gasteiger partial charge in [0.05, 0.1) is 7.11 Å². The van der Waals surface area contributed by atoms with Crippen LogP contribution in [0, 0.1) is 0 Å². The molecular formula is C25H22N2O3. The van der Waals surface area contributed by atoms with Crippen LogP contribution in [0.25, 0.3) is 22.6 Å². The molecule has 0 radical (unpaired) electrons. The van der Waals surface area contributed by atoms with E-state index in [1.807, 2.05) is 54.6 Å². The fourth-order valence-corrected chi connectivity index (χ4v) is 3.32. The van der Waals surface area contributed by atoms with Crippen molar-refractivity contribution in [3.05, 3.63) is 84.4 Å². The van der Waals surface area contributed by atoms with Gasteiger partial charge in [0, 0.05) is 29.3 Å². The summed E-state index contributed by atoms with van der Waals surface area (Å²) in [7, 11) is 1.61. The molecule has 2 heterocycles. The van der Waals surface area contributed by atoms with Gasteiger partial charge in [-0.3, -0.25) is 0 Å². The number of pyridine rings is 1. The van der Waals surface area contributed by atoms with Crippen LogP contribution in [-0.4, -0.2) is 17.1 Å². The molecule has 1 fully saturated rings. The molecule has 0 N–H and O–H groups in total. The zero-order valence-electron chi connectivity index (χ0n) is 16.7. The molecule has 0 atom stereocenters. The Labute approximate surface area is 175 Å². The van der Waals surface area contributed by atoms with E-state index in [4.69, 9.17) is 18.9 Å². The Morgan fingerprint density at radius 2 is 1.70 bits per heavy atom. The Morgan fingerprint density at radius 1 is 0.933 bits per heavy atom. The van der Waals surface area contributed by atoms with Gasteiger partial charge in [-0.15, -0.1) is 0 Å². The van der Waals surface area contributed by atoms with Crippen molar-refractivity contribution in [1.82, 2.24) is 9.97 Å². The van der Waals surface area contributed by atoms with E-state index in [1.54, 1.807) is 13.3 Å². The van der Waals surface area contributed by atoms with E-state index in [2.05, 4.69) is 17.1 Å². The second-order valence-electron chi connectivity index (χ2n) is 7.39. The van der Waals surface area contributed by atoms with Crippen LogP contribution in [0.3, 0.4) is 0 Å². The van der Waals surface area contributed by atoms with Crippen LogP contribution in [0.1, 0.15) is 30.2 Å². The van der Waals surface area contributed by atoms with E-state index in [-0.39, 0.29) is 0 Å². The standard InChI is InChI=1S/C25H22N2O3/c1-28-22-14-11-20(15-26-22)23-24(30-25(27-23)19-7-8-19)18-9-12-21(13-10-18)29-16-17-5-3-2-4-6-17/h2-6,9-15,19H,7-8,16H2,1H3. The highest BCUT2D eigenvalue weighted by molar-refractivity contribution is 5.77. The summed E-state index contributed by atoms with van der Waals surface area (Å²) in [5, 5.41) is 0. The summed E-state index contributed by atoms with van der Waals surface area (Å²) in [5.41, 5.74) is 3.82. The van der Waals surface area contributed by atoms with Crippen molar-refractivity contribution in [1.29, 1.82) is 0 Å². The van der Waals surface area contributed by atoms with E-state index in [9.17, 15) is 0 Å². The summed E-state index contributed by atoms with van der Waals surface area (Å²) < 4.78 is 17.3. The van der Waals surface area contributed by atoms with Gasteiger partial charge in [-0.2, -0.15) is 0 Å². The van der Waals surface area contributed by atoms with Gasteiger partial charge in [0.15, 0.2) is 11.7 Å². The lowest BCUT2D eigenvalue weighted by molar-refractivity contribution is 0.306. The number of hydrogen-bond donors (Lipinski definition) is 0. The maximum absolute atomic E-state index is 6.19. The Hall–Kier alpha value is -3.60. The molecule has 0 spiro atoms. The van der Waals surface area contributed by atoms with Gasteiger partial charge in [0.1, 0.15) is 18.1 Å². The van der Waals surface area contributed by atoms with Crippen molar-refractivity contribution in [2.75, 3.05) is 7.11 Å². The summed E-state index contributed by atoms with van der Waals surface area (Å²) in [6.07, 6.45) is 4.03. The molecular weight excluding hydrogens is 376 g/mol. The number of nitrogens with zero attached hydrogens (tertiary/aromatic N) is 2. The number of ether oxygens (including phenoxy) is 2.